The monoisotopic (exact) mass is 582 g/mol. The summed E-state index contributed by atoms with van der Waals surface area (Å²) in [5.74, 6) is 1.27. The van der Waals surface area contributed by atoms with Gasteiger partial charge in [-0.3, -0.25) is 14.3 Å². The van der Waals surface area contributed by atoms with Crippen molar-refractivity contribution in [2.75, 3.05) is 26.1 Å². The zero-order chi connectivity index (χ0) is 29.7. The van der Waals surface area contributed by atoms with Crippen molar-refractivity contribution in [3.8, 4) is 34.6 Å². The van der Waals surface area contributed by atoms with Gasteiger partial charge < -0.3 is 18.9 Å². The molecular formula is C28H34N6O6S. The van der Waals surface area contributed by atoms with Gasteiger partial charge in [-0.2, -0.15) is 0 Å². The predicted molar refractivity (Wildman–Crippen MR) is 154 cm³/mol. The molecule has 3 aromatic heterocycles. The van der Waals surface area contributed by atoms with Crippen LogP contribution in [0.25, 0.3) is 17.2 Å². The van der Waals surface area contributed by atoms with Gasteiger partial charge in [0.15, 0.2) is 5.82 Å². The van der Waals surface area contributed by atoms with Gasteiger partial charge in [0.2, 0.25) is 21.9 Å². The second-order valence-electron chi connectivity index (χ2n) is 9.48. The van der Waals surface area contributed by atoms with Gasteiger partial charge in [0.05, 0.1) is 33.1 Å². The van der Waals surface area contributed by atoms with Gasteiger partial charge in [0.25, 0.3) is 0 Å². The number of nitrogens with one attached hydrogen (secondary N) is 1. The average Bonchev–Trinajstić information content (AvgIpc) is 3.37. The van der Waals surface area contributed by atoms with Crippen LogP contribution in [0.4, 0.5) is 5.95 Å². The van der Waals surface area contributed by atoms with Gasteiger partial charge in [0, 0.05) is 12.3 Å². The highest BCUT2D eigenvalue weighted by Crippen LogP contribution is 2.38. The van der Waals surface area contributed by atoms with E-state index in [4.69, 9.17) is 18.9 Å². The third-order valence-corrected chi connectivity index (χ3v) is 7.94. The van der Waals surface area contributed by atoms with E-state index >= 15 is 0 Å². The van der Waals surface area contributed by atoms with Crippen molar-refractivity contribution in [2.24, 2.45) is 0 Å². The van der Waals surface area contributed by atoms with Crippen molar-refractivity contribution in [1.29, 1.82) is 0 Å². The minimum Gasteiger partial charge on any atom is -0.494 e. The number of hydrogen-bond donors (Lipinski definition) is 1. The van der Waals surface area contributed by atoms with Crippen LogP contribution in [0.5, 0.6) is 17.4 Å². The first-order chi connectivity index (χ1) is 19.6. The molecule has 0 saturated carbocycles. The fraction of sp³-hybridized carbons (Fsp3) is 0.357. The summed E-state index contributed by atoms with van der Waals surface area (Å²) in [4.78, 5) is 8.92. The van der Waals surface area contributed by atoms with E-state index in [2.05, 4.69) is 24.9 Å². The molecule has 0 unspecified atom stereocenters. The third kappa shape index (κ3) is 6.41. The highest BCUT2D eigenvalue weighted by molar-refractivity contribution is 7.93. The molecule has 0 aliphatic heterocycles. The maximum absolute atomic E-state index is 13.9. The summed E-state index contributed by atoms with van der Waals surface area (Å²) >= 11 is 0. The number of aromatic nitrogens is 5. The Bertz CT molecular complexity index is 1570. The van der Waals surface area contributed by atoms with Crippen LogP contribution in [0, 0.1) is 6.92 Å². The lowest BCUT2D eigenvalue weighted by Gasteiger charge is -2.26. The second kappa shape index (κ2) is 12.5. The molecule has 0 amide bonds. The molecule has 4 rings (SSSR count). The highest BCUT2D eigenvalue weighted by Gasteiger charge is 2.35. The summed E-state index contributed by atoms with van der Waals surface area (Å²) in [5.41, 5.74) is 2.20. The zero-order valence-electron chi connectivity index (χ0n) is 24.0. The van der Waals surface area contributed by atoms with Crippen LogP contribution < -0.4 is 18.9 Å². The number of pyridine rings is 2. The summed E-state index contributed by atoms with van der Waals surface area (Å²) in [7, 11) is 0.368. The summed E-state index contributed by atoms with van der Waals surface area (Å²) in [6.07, 6.45) is 0.564. The van der Waals surface area contributed by atoms with Crippen molar-refractivity contribution in [2.45, 2.75) is 45.2 Å². The largest absolute Gasteiger partial charge is 0.494 e. The Morgan fingerprint density at radius 3 is 2.15 bits per heavy atom. The third-order valence-electron chi connectivity index (χ3n) is 6.24. The van der Waals surface area contributed by atoms with E-state index in [1.54, 1.807) is 55.6 Å². The number of anilines is 1. The predicted octanol–water partition coefficient (Wildman–Crippen LogP) is 4.36. The molecule has 0 fully saturated rings. The molecule has 0 spiro atoms. The van der Waals surface area contributed by atoms with Crippen LogP contribution in [0.2, 0.25) is 0 Å². The first kappa shape index (κ1) is 29.7. The van der Waals surface area contributed by atoms with Crippen molar-refractivity contribution >= 4 is 16.0 Å². The summed E-state index contributed by atoms with van der Waals surface area (Å²) in [5, 5.41) is 7.46. The first-order valence-electron chi connectivity index (χ1n) is 12.9. The minimum absolute atomic E-state index is 0.0977. The number of rotatable bonds is 12. The van der Waals surface area contributed by atoms with Crippen LogP contribution in [0.15, 0.2) is 54.7 Å². The first-order valence-corrected chi connectivity index (χ1v) is 14.4. The Morgan fingerprint density at radius 2 is 1.56 bits per heavy atom. The molecule has 3 heterocycles. The molecular weight excluding hydrogens is 548 g/mol. The standard InChI is InChI=1S/C28H34N6O6S/c1-17(2)40-26(20-15-14-18(3)16-29-20)19(4)41(35,36)33-28-32-31-27(21-10-8-13-24(30-21)39-7)34(28)25-22(37-5)11-9-12-23(25)38-6/h8-17,19,26H,1-7H3,(H,32,33)/t19-,26+/m1/s1. The number of hydrogen-bond acceptors (Lipinski definition) is 10. The number of para-hydroxylation sites is 1. The number of aryl methyl sites for hydroxylation is 1. The normalized spacial score (nSPS) is 13.1. The van der Waals surface area contributed by atoms with Gasteiger partial charge in [-0.1, -0.05) is 18.2 Å². The lowest BCUT2D eigenvalue weighted by molar-refractivity contribution is 0.00416. The SMILES string of the molecule is COc1cccc(-c2nnc(NS(=O)(=O)[C@H](C)[C@H](OC(C)C)c3ccc(C)cn3)n2-c2c(OC)cccc2OC)n1. The van der Waals surface area contributed by atoms with E-state index in [9.17, 15) is 8.42 Å². The lowest BCUT2D eigenvalue weighted by Crippen LogP contribution is -2.34. The topological polar surface area (TPSA) is 140 Å². The van der Waals surface area contributed by atoms with Crippen molar-refractivity contribution < 1.29 is 27.4 Å². The number of methoxy groups -OCH3 is 3. The van der Waals surface area contributed by atoms with Crippen molar-refractivity contribution in [3.05, 3.63) is 66.0 Å². The molecule has 1 aromatic carbocycles. The van der Waals surface area contributed by atoms with Crippen LogP contribution in [0.1, 0.15) is 38.1 Å². The van der Waals surface area contributed by atoms with Crippen molar-refractivity contribution in [3.63, 3.8) is 0 Å². The minimum atomic E-state index is -4.13. The maximum Gasteiger partial charge on any atom is 0.243 e. The Labute approximate surface area is 239 Å². The van der Waals surface area contributed by atoms with Gasteiger partial charge in [-0.25, -0.2) is 13.4 Å². The van der Waals surface area contributed by atoms with E-state index in [0.717, 1.165) is 5.56 Å². The number of sulfonamides is 1. The van der Waals surface area contributed by atoms with Crippen LogP contribution in [-0.4, -0.2) is 65.8 Å². The van der Waals surface area contributed by atoms with E-state index in [1.165, 1.54) is 25.9 Å². The zero-order valence-corrected chi connectivity index (χ0v) is 24.8. The van der Waals surface area contributed by atoms with Crippen LogP contribution >= 0.6 is 0 Å². The fourth-order valence-electron chi connectivity index (χ4n) is 4.18. The number of ether oxygens (including phenoxy) is 4. The van der Waals surface area contributed by atoms with E-state index in [1.807, 2.05) is 26.8 Å². The van der Waals surface area contributed by atoms with E-state index in [0.29, 0.717) is 34.5 Å². The fourth-order valence-corrected chi connectivity index (χ4v) is 5.28. The lowest BCUT2D eigenvalue weighted by atomic mass is 10.1. The van der Waals surface area contributed by atoms with E-state index < -0.39 is 21.4 Å². The van der Waals surface area contributed by atoms with Crippen LogP contribution in [0.3, 0.4) is 0 Å². The van der Waals surface area contributed by atoms with Crippen molar-refractivity contribution in [1.82, 2.24) is 24.7 Å². The molecule has 0 bridgehead atoms. The Morgan fingerprint density at radius 1 is 0.878 bits per heavy atom. The number of nitrogens with zero attached hydrogens (tertiary/aromatic N) is 5. The van der Waals surface area contributed by atoms with E-state index in [-0.39, 0.29) is 17.9 Å². The molecule has 41 heavy (non-hydrogen) atoms. The summed E-state index contributed by atoms with van der Waals surface area (Å²) < 4.78 is 54.5. The maximum atomic E-state index is 13.9. The average molecular weight is 583 g/mol. The Balaban J connectivity index is 1.86. The molecule has 12 nitrogen and oxygen atoms in total. The molecule has 2 atom stereocenters. The van der Waals surface area contributed by atoms with Gasteiger partial charge in [-0.05, 0) is 57.5 Å². The van der Waals surface area contributed by atoms with Gasteiger partial charge in [0.1, 0.15) is 34.2 Å². The van der Waals surface area contributed by atoms with Gasteiger partial charge in [-0.15, -0.1) is 10.2 Å². The smallest absolute Gasteiger partial charge is 0.243 e. The Hall–Kier alpha value is -4.23. The highest BCUT2D eigenvalue weighted by atomic mass is 32.2. The molecule has 0 aliphatic rings. The molecule has 13 heteroatoms. The molecule has 0 radical (unpaired) electrons. The molecule has 4 aromatic rings. The second-order valence-corrected chi connectivity index (χ2v) is 11.5. The van der Waals surface area contributed by atoms with Gasteiger partial charge >= 0.3 is 0 Å². The van der Waals surface area contributed by atoms with Crippen LogP contribution in [-0.2, 0) is 14.8 Å². The summed E-state index contributed by atoms with van der Waals surface area (Å²) in [6.45, 7) is 7.15. The quantitative estimate of drug-likeness (QED) is 0.256. The molecule has 1 N–H and O–H groups in total. The summed E-state index contributed by atoms with van der Waals surface area (Å²) in [6, 6.07) is 14.0. The Kier molecular flexibility index (Phi) is 9.08. The molecule has 0 saturated heterocycles. The molecule has 0 aliphatic carbocycles. The number of benzene rings is 1. The molecule has 218 valence electrons.